The van der Waals surface area contributed by atoms with Gasteiger partial charge in [-0.2, -0.15) is 8.78 Å². The standard InChI is InChI=1S/C5H3ClF3N/c6-5(9)2-3(7)1-4(8)10-5/h1-2,10H. The van der Waals surface area contributed by atoms with E-state index in [1.807, 2.05) is 0 Å². The van der Waals surface area contributed by atoms with Crippen LogP contribution in [0.25, 0.3) is 0 Å². The first-order chi connectivity index (χ1) is 4.49. The van der Waals surface area contributed by atoms with Crippen LogP contribution in [0.3, 0.4) is 0 Å². The number of nitrogens with one attached hydrogen (secondary N) is 1. The molecule has 5 heteroatoms. The Bertz CT molecular complexity index is 209. The third kappa shape index (κ3) is 1.67. The van der Waals surface area contributed by atoms with E-state index in [1.54, 1.807) is 5.32 Å². The van der Waals surface area contributed by atoms with Crippen LogP contribution in [-0.2, 0) is 0 Å². The van der Waals surface area contributed by atoms with Crippen molar-refractivity contribution < 1.29 is 13.2 Å². The lowest BCUT2D eigenvalue weighted by molar-refractivity contribution is 0.270. The van der Waals surface area contributed by atoms with Crippen LogP contribution in [0, 0.1) is 0 Å². The van der Waals surface area contributed by atoms with Crippen molar-refractivity contribution in [2.24, 2.45) is 0 Å². The highest BCUT2D eigenvalue weighted by atomic mass is 35.5. The summed E-state index contributed by atoms with van der Waals surface area (Å²) in [6.07, 6.45) is 0.928. The van der Waals surface area contributed by atoms with Gasteiger partial charge in [0.25, 0.3) is 5.25 Å². The largest absolute Gasteiger partial charge is 0.314 e. The van der Waals surface area contributed by atoms with E-state index in [0.717, 1.165) is 0 Å². The van der Waals surface area contributed by atoms with Gasteiger partial charge >= 0.3 is 0 Å². The molecular formula is C5H3ClF3N. The van der Waals surface area contributed by atoms with Crippen LogP contribution < -0.4 is 5.32 Å². The van der Waals surface area contributed by atoms with Crippen molar-refractivity contribution in [1.82, 2.24) is 5.32 Å². The highest BCUT2D eigenvalue weighted by Gasteiger charge is 2.28. The van der Waals surface area contributed by atoms with E-state index in [2.05, 4.69) is 0 Å². The monoisotopic (exact) mass is 169 g/mol. The topological polar surface area (TPSA) is 12.0 Å². The minimum Gasteiger partial charge on any atom is -0.314 e. The van der Waals surface area contributed by atoms with Crippen LogP contribution in [0.15, 0.2) is 23.9 Å². The quantitative estimate of drug-likeness (QED) is 0.433. The minimum atomic E-state index is -2.64. The predicted molar refractivity (Wildman–Crippen MR) is 31.2 cm³/mol. The van der Waals surface area contributed by atoms with E-state index in [1.165, 1.54) is 0 Å². The van der Waals surface area contributed by atoms with Crippen molar-refractivity contribution >= 4 is 11.6 Å². The minimum absolute atomic E-state index is 0.428. The molecule has 1 atom stereocenters. The summed E-state index contributed by atoms with van der Waals surface area (Å²) in [6.45, 7) is 0. The van der Waals surface area contributed by atoms with Gasteiger partial charge in [-0.1, -0.05) is 11.6 Å². The smallest absolute Gasteiger partial charge is 0.280 e. The second-order valence-electron chi connectivity index (χ2n) is 1.77. The van der Waals surface area contributed by atoms with Crippen LogP contribution in [0.2, 0.25) is 0 Å². The molecule has 0 aliphatic carbocycles. The molecular weight excluding hydrogens is 167 g/mol. The lowest BCUT2D eigenvalue weighted by Crippen LogP contribution is -2.33. The van der Waals surface area contributed by atoms with E-state index in [9.17, 15) is 13.2 Å². The average molecular weight is 170 g/mol. The van der Waals surface area contributed by atoms with E-state index in [4.69, 9.17) is 11.6 Å². The van der Waals surface area contributed by atoms with E-state index < -0.39 is 17.0 Å². The molecule has 0 saturated carbocycles. The van der Waals surface area contributed by atoms with Gasteiger partial charge in [0.15, 0.2) is 5.95 Å². The molecule has 0 aromatic rings. The number of hydrogen-bond acceptors (Lipinski definition) is 1. The van der Waals surface area contributed by atoms with Gasteiger partial charge in [0, 0.05) is 12.2 Å². The number of dihydropyridines is 1. The second-order valence-corrected chi connectivity index (χ2v) is 2.32. The first-order valence-corrected chi connectivity index (χ1v) is 2.79. The van der Waals surface area contributed by atoms with Gasteiger partial charge in [-0.15, -0.1) is 0 Å². The van der Waals surface area contributed by atoms with Crippen molar-refractivity contribution in [2.75, 3.05) is 0 Å². The zero-order valence-electron chi connectivity index (χ0n) is 4.67. The van der Waals surface area contributed by atoms with Gasteiger partial charge < -0.3 is 5.32 Å². The van der Waals surface area contributed by atoms with Crippen molar-refractivity contribution in [3.05, 3.63) is 23.9 Å². The second kappa shape index (κ2) is 2.20. The third-order valence-corrected chi connectivity index (χ3v) is 1.07. The summed E-state index contributed by atoms with van der Waals surface area (Å²) in [4.78, 5) is 0. The third-order valence-electron chi connectivity index (χ3n) is 0.870. The highest BCUT2D eigenvalue weighted by molar-refractivity contribution is 6.24. The molecule has 1 heterocycles. The molecule has 0 radical (unpaired) electrons. The normalized spacial score (nSPS) is 32.4. The molecule has 10 heavy (non-hydrogen) atoms. The van der Waals surface area contributed by atoms with Gasteiger partial charge in [0.1, 0.15) is 5.83 Å². The summed E-state index contributed by atoms with van der Waals surface area (Å²) in [5, 5.41) is -1.07. The Balaban J connectivity index is 2.88. The fourth-order valence-corrected chi connectivity index (χ4v) is 0.762. The Kier molecular flexibility index (Phi) is 1.64. The summed E-state index contributed by atoms with van der Waals surface area (Å²) >= 11 is 4.89. The molecule has 1 aliphatic heterocycles. The van der Waals surface area contributed by atoms with E-state index in [-0.39, 0.29) is 0 Å². The van der Waals surface area contributed by atoms with Crippen molar-refractivity contribution in [2.45, 2.75) is 5.25 Å². The Hall–Kier alpha value is -0.640. The summed E-state index contributed by atoms with van der Waals surface area (Å²) in [6, 6.07) is 0. The summed E-state index contributed by atoms with van der Waals surface area (Å²) in [7, 11) is 0. The number of alkyl halides is 2. The summed E-state index contributed by atoms with van der Waals surface area (Å²) < 4.78 is 36.6. The average Bonchev–Trinajstić information content (AvgIpc) is 1.54. The van der Waals surface area contributed by atoms with Crippen molar-refractivity contribution in [1.29, 1.82) is 0 Å². The molecule has 1 rings (SSSR count). The molecule has 1 unspecified atom stereocenters. The van der Waals surface area contributed by atoms with Crippen LogP contribution in [0.1, 0.15) is 0 Å². The first kappa shape index (κ1) is 7.47. The summed E-state index contributed by atoms with van der Waals surface area (Å²) in [5.74, 6) is -2.16. The van der Waals surface area contributed by atoms with Crippen LogP contribution >= 0.6 is 11.6 Å². The first-order valence-electron chi connectivity index (χ1n) is 2.41. The number of rotatable bonds is 0. The SMILES string of the molecule is FC1=CC(F)(Cl)NC(F)=C1. The Morgan fingerprint density at radius 3 is 2.50 bits per heavy atom. The van der Waals surface area contributed by atoms with Crippen LogP contribution in [0.4, 0.5) is 13.2 Å². The molecule has 1 N–H and O–H groups in total. The molecule has 0 amide bonds. The van der Waals surface area contributed by atoms with Crippen molar-refractivity contribution in [3.63, 3.8) is 0 Å². The molecule has 56 valence electrons. The van der Waals surface area contributed by atoms with Crippen LogP contribution in [-0.4, -0.2) is 5.25 Å². The summed E-state index contributed by atoms with van der Waals surface area (Å²) in [5.41, 5.74) is 0. The van der Waals surface area contributed by atoms with E-state index in [0.29, 0.717) is 12.2 Å². The van der Waals surface area contributed by atoms with Gasteiger partial charge in [0.2, 0.25) is 0 Å². The predicted octanol–water partition coefficient (Wildman–Crippen LogP) is 2.12. The maximum atomic E-state index is 12.4. The van der Waals surface area contributed by atoms with Gasteiger partial charge in [-0.25, -0.2) is 4.39 Å². The van der Waals surface area contributed by atoms with Gasteiger partial charge in [-0.3, -0.25) is 0 Å². The maximum Gasteiger partial charge on any atom is 0.280 e. The number of halogens is 4. The molecule has 0 fully saturated rings. The van der Waals surface area contributed by atoms with Gasteiger partial charge in [-0.05, 0) is 0 Å². The van der Waals surface area contributed by atoms with Crippen molar-refractivity contribution in [3.8, 4) is 0 Å². The molecule has 0 aromatic carbocycles. The fraction of sp³-hybridized carbons (Fsp3) is 0.200. The molecule has 1 aliphatic rings. The Morgan fingerprint density at radius 1 is 1.50 bits per heavy atom. The zero-order chi connectivity index (χ0) is 7.78. The van der Waals surface area contributed by atoms with E-state index >= 15 is 0 Å². The molecule has 0 bridgehead atoms. The fourth-order valence-electron chi connectivity index (χ4n) is 0.567. The molecule has 0 saturated heterocycles. The van der Waals surface area contributed by atoms with Gasteiger partial charge in [0.05, 0.1) is 0 Å². The number of hydrogen-bond donors (Lipinski definition) is 1. The lowest BCUT2D eigenvalue weighted by Gasteiger charge is -2.17. The molecule has 0 aromatic heterocycles. The van der Waals surface area contributed by atoms with Crippen LogP contribution in [0.5, 0.6) is 0 Å². The molecule has 1 nitrogen and oxygen atoms in total. The number of allylic oxidation sites excluding steroid dienone is 2. The Labute approximate surface area is 60.2 Å². The lowest BCUT2D eigenvalue weighted by atomic mass is 10.3. The maximum absolute atomic E-state index is 12.4. The zero-order valence-corrected chi connectivity index (χ0v) is 5.42. The highest BCUT2D eigenvalue weighted by Crippen LogP contribution is 2.24. The molecule has 0 spiro atoms. The Morgan fingerprint density at radius 2 is 2.10 bits per heavy atom.